The zero-order valence-electron chi connectivity index (χ0n) is 13.1. The average Bonchev–Trinajstić information content (AvgIpc) is 3.11. The van der Waals surface area contributed by atoms with Crippen molar-refractivity contribution in [3.05, 3.63) is 30.1 Å². The topological polar surface area (TPSA) is 61.4 Å². The molecule has 0 spiro atoms. The van der Waals surface area contributed by atoms with Gasteiger partial charge in [0.05, 0.1) is 6.04 Å². The van der Waals surface area contributed by atoms with Crippen molar-refractivity contribution in [1.82, 2.24) is 10.2 Å². The zero-order chi connectivity index (χ0) is 16.2. The number of hydrogen-bond donors (Lipinski definition) is 2. The molecule has 0 radical (unpaired) electrons. The van der Waals surface area contributed by atoms with Gasteiger partial charge in [-0.2, -0.15) is 0 Å². The molecule has 2 aliphatic heterocycles. The Kier molecular flexibility index (Phi) is 4.91. The van der Waals surface area contributed by atoms with E-state index < -0.39 is 0 Å². The maximum atomic E-state index is 12.9. The van der Waals surface area contributed by atoms with Crippen LogP contribution >= 0.6 is 0 Å². The van der Waals surface area contributed by atoms with Gasteiger partial charge < -0.3 is 15.5 Å². The number of piperidine rings is 1. The number of amides is 2. The van der Waals surface area contributed by atoms with Crippen LogP contribution in [0.4, 0.5) is 10.1 Å². The summed E-state index contributed by atoms with van der Waals surface area (Å²) in [5.41, 5.74) is 0.602. The predicted molar refractivity (Wildman–Crippen MR) is 85.4 cm³/mol. The minimum absolute atomic E-state index is 0.0420. The summed E-state index contributed by atoms with van der Waals surface area (Å²) >= 11 is 0. The summed E-state index contributed by atoms with van der Waals surface area (Å²) < 4.78 is 12.9. The van der Waals surface area contributed by atoms with E-state index in [2.05, 4.69) is 10.6 Å². The van der Waals surface area contributed by atoms with Crippen LogP contribution in [0.15, 0.2) is 24.3 Å². The number of rotatable bonds is 3. The second-order valence-electron chi connectivity index (χ2n) is 6.24. The number of halogens is 1. The monoisotopic (exact) mass is 319 g/mol. The van der Waals surface area contributed by atoms with Crippen molar-refractivity contribution in [3.8, 4) is 0 Å². The molecule has 0 aromatic heterocycles. The fourth-order valence-corrected chi connectivity index (χ4v) is 3.26. The van der Waals surface area contributed by atoms with Crippen LogP contribution in [0.1, 0.15) is 25.7 Å². The molecule has 23 heavy (non-hydrogen) atoms. The first-order valence-corrected chi connectivity index (χ1v) is 8.22. The first kappa shape index (κ1) is 15.9. The van der Waals surface area contributed by atoms with E-state index in [1.807, 2.05) is 4.90 Å². The van der Waals surface area contributed by atoms with Crippen LogP contribution in [0.2, 0.25) is 0 Å². The average molecular weight is 319 g/mol. The molecule has 0 bridgehead atoms. The van der Waals surface area contributed by atoms with Crippen LogP contribution in [0.3, 0.4) is 0 Å². The van der Waals surface area contributed by atoms with Gasteiger partial charge >= 0.3 is 0 Å². The minimum Gasteiger partial charge on any atom is -0.341 e. The number of anilines is 1. The fraction of sp³-hybridized carbons (Fsp3) is 0.529. The molecule has 2 aliphatic rings. The van der Waals surface area contributed by atoms with Crippen molar-refractivity contribution in [3.63, 3.8) is 0 Å². The maximum Gasteiger partial charge on any atom is 0.239 e. The Balaban J connectivity index is 1.49. The number of likely N-dealkylation sites (tertiary alicyclic amines) is 1. The highest BCUT2D eigenvalue weighted by molar-refractivity contribution is 5.92. The van der Waals surface area contributed by atoms with E-state index in [1.165, 1.54) is 12.1 Å². The van der Waals surface area contributed by atoms with Crippen molar-refractivity contribution in [2.75, 3.05) is 25.0 Å². The first-order chi connectivity index (χ1) is 11.1. The summed E-state index contributed by atoms with van der Waals surface area (Å²) in [5, 5.41) is 6.04. The molecule has 1 atom stereocenters. The van der Waals surface area contributed by atoms with Crippen molar-refractivity contribution in [1.29, 1.82) is 0 Å². The summed E-state index contributed by atoms with van der Waals surface area (Å²) in [5.74, 6) is -0.307. The van der Waals surface area contributed by atoms with Gasteiger partial charge in [-0.25, -0.2) is 4.39 Å². The second-order valence-corrected chi connectivity index (χ2v) is 6.24. The van der Waals surface area contributed by atoms with Gasteiger partial charge in [-0.1, -0.05) is 0 Å². The Morgan fingerprint density at radius 1 is 1.13 bits per heavy atom. The number of benzene rings is 1. The molecule has 2 N–H and O–H groups in total. The molecule has 1 aromatic carbocycles. The summed E-state index contributed by atoms with van der Waals surface area (Å²) in [7, 11) is 0. The maximum absolute atomic E-state index is 12.9. The molecule has 2 heterocycles. The molecular formula is C17H22FN3O2. The van der Waals surface area contributed by atoms with E-state index in [0.29, 0.717) is 31.6 Å². The lowest BCUT2D eigenvalue weighted by atomic mass is 9.95. The smallest absolute Gasteiger partial charge is 0.239 e. The summed E-state index contributed by atoms with van der Waals surface area (Å²) in [6.45, 7) is 2.16. The van der Waals surface area contributed by atoms with Gasteiger partial charge in [0.25, 0.3) is 0 Å². The Morgan fingerprint density at radius 2 is 1.83 bits per heavy atom. The van der Waals surface area contributed by atoms with Crippen LogP contribution < -0.4 is 10.6 Å². The number of nitrogens with zero attached hydrogens (tertiary/aromatic N) is 1. The van der Waals surface area contributed by atoms with E-state index in [4.69, 9.17) is 0 Å². The second kappa shape index (κ2) is 7.08. The third kappa shape index (κ3) is 3.88. The molecule has 6 heteroatoms. The molecule has 0 saturated carbocycles. The SMILES string of the molecule is O=C(Nc1ccc(F)cc1)C1CCN(C(=O)C2CCCN2)CC1. The van der Waals surface area contributed by atoms with Gasteiger partial charge in [0.2, 0.25) is 11.8 Å². The van der Waals surface area contributed by atoms with Gasteiger partial charge in [-0.3, -0.25) is 9.59 Å². The highest BCUT2D eigenvalue weighted by atomic mass is 19.1. The van der Waals surface area contributed by atoms with E-state index in [9.17, 15) is 14.0 Å². The molecule has 2 fully saturated rings. The Morgan fingerprint density at radius 3 is 2.43 bits per heavy atom. The van der Waals surface area contributed by atoms with E-state index in [1.54, 1.807) is 12.1 Å². The van der Waals surface area contributed by atoms with Crippen molar-refractivity contribution in [2.45, 2.75) is 31.7 Å². The molecular weight excluding hydrogens is 297 g/mol. The van der Waals surface area contributed by atoms with E-state index in [-0.39, 0.29) is 29.6 Å². The number of hydrogen-bond acceptors (Lipinski definition) is 3. The normalized spacial score (nSPS) is 22.1. The highest BCUT2D eigenvalue weighted by Crippen LogP contribution is 2.21. The van der Waals surface area contributed by atoms with Crippen LogP contribution in [0.5, 0.6) is 0 Å². The predicted octanol–water partition coefficient (Wildman–Crippen LogP) is 1.75. The van der Waals surface area contributed by atoms with Crippen molar-refractivity contribution < 1.29 is 14.0 Å². The van der Waals surface area contributed by atoms with Crippen LogP contribution in [-0.4, -0.2) is 42.4 Å². The molecule has 1 aromatic rings. The Bertz CT molecular complexity index is 562. The molecule has 3 rings (SSSR count). The summed E-state index contributed by atoms with van der Waals surface area (Å²) in [4.78, 5) is 26.5. The lowest BCUT2D eigenvalue weighted by molar-refractivity contribution is -0.136. The third-order valence-electron chi connectivity index (χ3n) is 4.65. The lowest BCUT2D eigenvalue weighted by Crippen LogP contribution is -2.48. The standard InChI is InChI=1S/C17H22FN3O2/c18-13-3-5-14(6-4-13)20-16(22)12-7-10-21(11-8-12)17(23)15-2-1-9-19-15/h3-6,12,15,19H,1-2,7-11H2,(H,20,22). The van der Waals surface area contributed by atoms with Gasteiger partial charge in [0.15, 0.2) is 0 Å². The van der Waals surface area contributed by atoms with Gasteiger partial charge in [-0.05, 0) is 56.5 Å². The number of nitrogens with one attached hydrogen (secondary N) is 2. The Hall–Kier alpha value is -1.95. The third-order valence-corrected chi connectivity index (χ3v) is 4.65. The van der Waals surface area contributed by atoms with E-state index in [0.717, 1.165) is 19.4 Å². The molecule has 124 valence electrons. The minimum atomic E-state index is -0.324. The quantitative estimate of drug-likeness (QED) is 0.892. The largest absolute Gasteiger partial charge is 0.341 e. The number of carbonyl (C=O) groups excluding carboxylic acids is 2. The lowest BCUT2D eigenvalue weighted by Gasteiger charge is -2.33. The van der Waals surface area contributed by atoms with Crippen LogP contribution in [0, 0.1) is 11.7 Å². The van der Waals surface area contributed by atoms with Crippen LogP contribution in [0.25, 0.3) is 0 Å². The van der Waals surface area contributed by atoms with Gasteiger partial charge in [0, 0.05) is 24.7 Å². The molecule has 0 aliphatic carbocycles. The van der Waals surface area contributed by atoms with Gasteiger partial charge in [-0.15, -0.1) is 0 Å². The molecule has 2 amide bonds. The summed E-state index contributed by atoms with van der Waals surface area (Å²) in [6.07, 6.45) is 3.30. The molecule has 5 nitrogen and oxygen atoms in total. The van der Waals surface area contributed by atoms with E-state index >= 15 is 0 Å². The first-order valence-electron chi connectivity index (χ1n) is 8.22. The zero-order valence-corrected chi connectivity index (χ0v) is 13.1. The van der Waals surface area contributed by atoms with Crippen molar-refractivity contribution in [2.24, 2.45) is 5.92 Å². The molecule has 2 saturated heterocycles. The van der Waals surface area contributed by atoms with Gasteiger partial charge in [0.1, 0.15) is 5.82 Å². The fourth-order valence-electron chi connectivity index (χ4n) is 3.26. The van der Waals surface area contributed by atoms with Crippen LogP contribution in [-0.2, 0) is 9.59 Å². The molecule has 1 unspecified atom stereocenters. The number of carbonyl (C=O) groups is 2. The Labute approximate surface area is 135 Å². The summed E-state index contributed by atoms with van der Waals surface area (Å²) in [6, 6.07) is 5.71. The highest BCUT2D eigenvalue weighted by Gasteiger charge is 2.31. The van der Waals surface area contributed by atoms with Crippen molar-refractivity contribution >= 4 is 17.5 Å².